The summed E-state index contributed by atoms with van der Waals surface area (Å²) in [6.45, 7) is 0.0286. The molecule has 21 heavy (non-hydrogen) atoms. The maximum absolute atomic E-state index is 13.4. The van der Waals surface area contributed by atoms with Gasteiger partial charge >= 0.3 is 0 Å². The molecule has 0 aromatic heterocycles. The third kappa shape index (κ3) is 3.39. The highest BCUT2D eigenvalue weighted by Gasteiger charge is 2.18. The Morgan fingerprint density at radius 1 is 1.10 bits per heavy atom. The number of hydrogen-bond acceptors (Lipinski definition) is 2. The zero-order chi connectivity index (χ0) is 15.4. The summed E-state index contributed by atoms with van der Waals surface area (Å²) in [5.74, 6) is -4.59. The van der Waals surface area contributed by atoms with Crippen LogP contribution in [0.2, 0.25) is 0 Å². The lowest BCUT2D eigenvalue weighted by atomic mass is 10.1. The van der Waals surface area contributed by atoms with Gasteiger partial charge < -0.3 is 5.32 Å². The Labute approximate surface area is 118 Å². The summed E-state index contributed by atoms with van der Waals surface area (Å²) in [5, 5.41) is 11.0. The fraction of sp³-hybridized carbons (Fsp3) is 0.0667. The Hall–Kier alpha value is -2.81. The highest BCUT2D eigenvalue weighted by molar-refractivity contribution is 5.94. The van der Waals surface area contributed by atoms with Gasteiger partial charge in [0.1, 0.15) is 23.0 Å². The number of nitrogens with zero attached hydrogens (tertiary/aromatic N) is 1. The van der Waals surface area contributed by atoms with E-state index in [9.17, 15) is 18.0 Å². The van der Waals surface area contributed by atoms with Crippen molar-refractivity contribution in [3.63, 3.8) is 0 Å². The third-order valence-corrected chi connectivity index (χ3v) is 2.77. The summed E-state index contributed by atoms with van der Waals surface area (Å²) in [6, 6.07) is 9.16. The minimum atomic E-state index is -1.26. The van der Waals surface area contributed by atoms with Crippen LogP contribution in [0.1, 0.15) is 21.5 Å². The average molecular weight is 290 g/mol. The number of nitrogens with one attached hydrogen (secondary N) is 1. The molecule has 0 saturated carbocycles. The molecule has 0 atom stereocenters. The molecule has 0 fully saturated rings. The van der Waals surface area contributed by atoms with Gasteiger partial charge in [0.05, 0.1) is 11.6 Å². The molecule has 0 spiro atoms. The van der Waals surface area contributed by atoms with Gasteiger partial charge in [-0.2, -0.15) is 5.26 Å². The molecule has 2 aromatic carbocycles. The molecule has 1 amide bonds. The van der Waals surface area contributed by atoms with Gasteiger partial charge in [-0.1, -0.05) is 12.1 Å². The van der Waals surface area contributed by atoms with Crippen LogP contribution in [0.4, 0.5) is 13.2 Å². The second kappa shape index (κ2) is 6.09. The van der Waals surface area contributed by atoms with Crippen LogP contribution in [0.5, 0.6) is 0 Å². The van der Waals surface area contributed by atoms with Crippen LogP contribution in [0.25, 0.3) is 0 Å². The molecule has 0 aliphatic heterocycles. The van der Waals surface area contributed by atoms with E-state index < -0.39 is 28.9 Å². The molecule has 2 rings (SSSR count). The minimum absolute atomic E-state index is 0.0286. The van der Waals surface area contributed by atoms with E-state index in [1.54, 1.807) is 24.3 Å². The SMILES string of the molecule is N#Cc1ccc(CNC(=O)c2c(F)cc(F)cc2F)cc1. The average Bonchev–Trinajstić information content (AvgIpc) is 2.44. The zero-order valence-corrected chi connectivity index (χ0v) is 10.7. The van der Waals surface area contributed by atoms with Crippen LogP contribution in [0, 0.1) is 28.8 Å². The third-order valence-electron chi connectivity index (χ3n) is 2.77. The summed E-state index contributed by atoms with van der Waals surface area (Å²) in [5.41, 5.74) is 0.288. The molecular formula is C15H9F3N2O. The Bertz CT molecular complexity index is 698. The van der Waals surface area contributed by atoms with Crippen LogP contribution in [0.3, 0.4) is 0 Å². The molecule has 0 unspecified atom stereocenters. The van der Waals surface area contributed by atoms with Gasteiger partial charge in [0.25, 0.3) is 5.91 Å². The molecule has 3 nitrogen and oxygen atoms in total. The van der Waals surface area contributed by atoms with E-state index in [4.69, 9.17) is 5.26 Å². The molecule has 0 heterocycles. The Balaban J connectivity index is 2.10. The Morgan fingerprint density at radius 2 is 1.67 bits per heavy atom. The van der Waals surface area contributed by atoms with Crippen molar-refractivity contribution in [2.45, 2.75) is 6.54 Å². The predicted octanol–water partition coefficient (Wildman–Crippen LogP) is 2.91. The summed E-state index contributed by atoms with van der Waals surface area (Å²) >= 11 is 0. The first-order valence-corrected chi connectivity index (χ1v) is 5.93. The zero-order valence-electron chi connectivity index (χ0n) is 10.7. The first-order chi connectivity index (χ1) is 10.0. The molecule has 0 saturated heterocycles. The Kier molecular flexibility index (Phi) is 4.24. The normalized spacial score (nSPS) is 10.0. The van der Waals surface area contributed by atoms with Gasteiger partial charge in [0.15, 0.2) is 0 Å². The van der Waals surface area contributed by atoms with Crippen molar-refractivity contribution in [3.8, 4) is 6.07 Å². The van der Waals surface area contributed by atoms with E-state index >= 15 is 0 Å². The minimum Gasteiger partial charge on any atom is -0.348 e. The summed E-state index contributed by atoms with van der Waals surface area (Å²) in [4.78, 5) is 11.7. The van der Waals surface area contributed by atoms with Gasteiger partial charge in [-0.3, -0.25) is 4.79 Å². The molecule has 1 N–H and O–H groups in total. The van der Waals surface area contributed by atoms with Crippen molar-refractivity contribution in [1.82, 2.24) is 5.32 Å². The number of rotatable bonds is 3. The van der Waals surface area contributed by atoms with E-state index in [0.717, 1.165) is 0 Å². The number of hydrogen-bond donors (Lipinski definition) is 1. The van der Waals surface area contributed by atoms with Crippen LogP contribution >= 0.6 is 0 Å². The first kappa shape index (κ1) is 14.6. The van der Waals surface area contributed by atoms with Crippen molar-refractivity contribution in [1.29, 1.82) is 5.26 Å². The van der Waals surface area contributed by atoms with E-state index in [1.807, 2.05) is 6.07 Å². The van der Waals surface area contributed by atoms with Crippen LogP contribution in [-0.2, 0) is 6.54 Å². The highest BCUT2D eigenvalue weighted by Crippen LogP contribution is 2.15. The van der Waals surface area contributed by atoms with E-state index in [1.165, 1.54) is 0 Å². The molecular weight excluding hydrogens is 281 g/mol. The maximum Gasteiger partial charge on any atom is 0.257 e. The molecule has 6 heteroatoms. The van der Waals surface area contributed by atoms with Gasteiger partial charge in [-0.15, -0.1) is 0 Å². The fourth-order valence-corrected chi connectivity index (χ4v) is 1.73. The lowest BCUT2D eigenvalue weighted by Gasteiger charge is -2.07. The number of nitriles is 1. The molecule has 106 valence electrons. The Morgan fingerprint density at radius 3 is 2.19 bits per heavy atom. The monoisotopic (exact) mass is 290 g/mol. The van der Waals surface area contributed by atoms with Crippen molar-refractivity contribution >= 4 is 5.91 Å². The lowest BCUT2D eigenvalue weighted by molar-refractivity contribution is 0.0942. The predicted molar refractivity (Wildman–Crippen MR) is 68.6 cm³/mol. The molecule has 2 aromatic rings. The smallest absolute Gasteiger partial charge is 0.257 e. The fourth-order valence-electron chi connectivity index (χ4n) is 1.73. The van der Waals surface area contributed by atoms with Crippen LogP contribution in [0.15, 0.2) is 36.4 Å². The summed E-state index contributed by atoms with van der Waals surface area (Å²) in [6.07, 6.45) is 0. The highest BCUT2D eigenvalue weighted by atomic mass is 19.1. The van der Waals surface area contributed by atoms with Crippen LogP contribution in [-0.4, -0.2) is 5.91 Å². The number of amides is 1. The number of carbonyl (C=O) groups excluding carboxylic acids is 1. The van der Waals surface area contributed by atoms with Gasteiger partial charge in [0.2, 0.25) is 0 Å². The molecule has 0 aliphatic carbocycles. The summed E-state index contributed by atoms with van der Waals surface area (Å²) in [7, 11) is 0. The van der Waals surface area contributed by atoms with Crippen molar-refractivity contribution < 1.29 is 18.0 Å². The molecule has 0 bridgehead atoms. The number of benzene rings is 2. The maximum atomic E-state index is 13.4. The lowest BCUT2D eigenvalue weighted by Crippen LogP contribution is -2.25. The van der Waals surface area contributed by atoms with E-state index in [-0.39, 0.29) is 6.54 Å². The summed E-state index contributed by atoms with van der Waals surface area (Å²) < 4.78 is 39.6. The quantitative estimate of drug-likeness (QED) is 0.945. The number of carbonyl (C=O) groups is 1. The number of halogens is 3. The van der Waals surface area contributed by atoms with Gasteiger partial charge in [-0.25, -0.2) is 13.2 Å². The van der Waals surface area contributed by atoms with Crippen molar-refractivity contribution in [2.24, 2.45) is 0 Å². The molecule has 0 aliphatic rings. The van der Waals surface area contributed by atoms with Crippen LogP contribution < -0.4 is 5.32 Å². The largest absolute Gasteiger partial charge is 0.348 e. The second-order valence-electron chi connectivity index (χ2n) is 4.24. The van der Waals surface area contributed by atoms with Gasteiger partial charge in [-0.05, 0) is 17.7 Å². The first-order valence-electron chi connectivity index (χ1n) is 5.93. The topological polar surface area (TPSA) is 52.9 Å². The standard InChI is InChI=1S/C15H9F3N2O/c16-11-5-12(17)14(13(18)6-11)15(21)20-8-10-3-1-9(7-19)2-4-10/h1-6H,8H2,(H,20,21). The second-order valence-corrected chi connectivity index (χ2v) is 4.24. The van der Waals surface area contributed by atoms with Crippen molar-refractivity contribution in [3.05, 3.63) is 70.5 Å². The molecule has 0 radical (unpaired) electrons. The van der Waals surface area contributed by atoms with E-state index in [2.05, 4.69) is 5.32 Å². The van der Waals surface area contributed by atoms with E-state index in [0.29, 0.717) is 23.3 Å². The van der Waals surface area contributed by atoms with Gasteiger partial charge in [0, 0.05) is 18.7 Å². The van der Waals surface area contributed by atoms with Crippen molar-refractivity contribution in [2.75, 3.05) is 0 Å².